The molecule has 0 fully saturated rings. The van der Waals surface area contributed by atoms with Crippen molar-refractivity contribution in [3.8, 4) is 5.75 Å². The highest BCUT2D eigenvalue weighted by Crippen LogP contribution is 2.38. The predicted octanol–water partition coefficient (Wildman–Crippen LogP) is 0.570. The van der Waals surface area contributed by atoms with Gasteiger partial charge in [0.1, 0.15) is 5.75 Å². The molecule has 0 saturated carbocycles. The molecule has 78 valence electrons. The van der Waals surface area contributed by atoms with Crippen molar-refractivity contribution in [1.29, 1.82) is 0 Å². The summed E-state index contributed by atoms with van der Waals surface area (Å²) in [5.41, 5.74) is 6.15. The molecule has 5 nitrogen and oxygen atoms in total. The second kappa shape index (κ2) is 4.11. The predicted molar refractivity (Wildman–Crippen MR) is 51.9 cm³/mol. The molecule has 14 heavy (non-hydrogen) atoms. The van der Waals surface area contributed by atoms with Crippen molar-refractivity contribution < 1.29 is 19.5 Å². The minimum Gasteiger partial charge on any atom is -0.508 e. The topological polar surface area (TPSA) is 104 Å². The van der Waals surface area contributed by atoms with Crippen LogP contribution in [0, 0.1) is 0 Å². The van der Waals surface area contributed by atoms with E-state index in [1.165, 1.54) is 24.3 Å². The fourth-order valence-electron chi connectivity index (χ4n) is 1.08. The Kier molecular flexibility index (Phi) is 3.29. The smallest absolute Gasteiger partial charge is 0.327 e. The number of phenols is 1. The second-order valence-electron chi connectivity index (χ2n) is 3.05. The fraction of sp³-hybridized carbons (Fsp3) is 0.250. The van der Waals surface area contributed by atoms with Gasteiger partial charge in [0.15, 0.2) is 0 Å². The van der Waals surface area contributed by atoms with Gasteiger partial charge in [0.25, 0.3) is 0 Å². The number of aromatic hydroxyl groups is 1. The Morgan fingerprint density at radius 3 is 2.21 bits per heavy atom. The number of hydrogen-bond acceptors (Lipinski definition) is 3. The van der Waals surface area contributed by atoms with E-state index >= 15 is 0 Å². The van der Waals surface area contributed by atoms with E-state index in [1.54, 1.807) is 0 Å². The Hall–Kier alpha value is -0.870. The Morgan fingerprint density at radius 2 is 1.79 bits per heavy atom. The number of nitrogens with two attached hydrogens (primary N) is 1. The zero-order chi connectivity index (χ0) is 10.8. The standard InChI is InChI=1S/C8H12NO4P/c9-8(5-14(11,12)13)6-1-3-7(10)4-2-6/h1-4,8,10H,5,9H2,(H2,11,12,13). The van der Waals surface area contributed by atoms with Crippen LogP contribution in [0.1, 0.15) is 11.6 Å². The highest BCUT2D eigenvalue weighted by molar-refractivity contribution is 7.51. The van der Waals surface area contributed by atoms with Gasteiger partial charge in [0, 0.05) is 6.04 Å². The van der Waals surface area contributed by atoms with E-state index in [9.17, 15) is 4.57 Å². The summed E-state index contributed by atoms with van der Waals surface area (Å²) in [7, 11) is -4.09. The SMILES string of the molecule is NC(CP(=O)(O)O)c1ccc(O)cc1. The Labute approximate surface area is 81.3 Å². The van der Waals surface area contributed by atoms with Crippen molar-refractivity contribution in [3.05, 3.63) is 29.8 Å². The fourth-order valence-corrected chi connectivity index (χ4v) is 1.81. The minimum atomic E-state index is -4.09. The van der Waals surface area contributed by atoms with Gasteiger partial charge in [-0.1, -0.05) is 12.1 Å². The summed E-state index contributed by atoms with van der Waals surface area (Å²) in [6, 6.07) is 5.21. The summed E-state index contributed by atoms with van der Waals surface area (Å²) in [5, 5.41) is 8.98. The van der Waals surface area contributed by atoms with E-state index in [1.807, 2.05) is 0 Å². The lowest BCUT2D eigenvalue weighted by Crippen LogP contribution is -2.14. The van der Waals surface area contributed by atoms with Gasteiger partial charge in [0.05, 0.1) is 6.16 Å². The highest BCUT2D eigenvalue weighted by Gasteiger charge is 2.19. The van der Waals surface area contributed by atoms with E-state index in [0.717, 1.165) is 0 Å². The molecule has 1 rings (SSSR count). The molecule has 0 aliphatic heterocycles. The summed E-state index contributed by atoms with van der Waals surface area (Å²) < 4.78 is 10.6. The van der Waals surface area contributed by atoms with Crippen LogP contribution in [0.15, 0.2) is 24.3 Å². The van der Waals surface area contributed by atoms with Gasteiger partial charge in [-0.25, -0.2) is 0 Å². The molecule has 5 N–H and O–H groups in total. The summed E-state index contributed by atoms with van der Waals surface area (Å²) in [5.74, 6) is 0.0946. The van der Waals surface area contributed by atoms with E-state index < -0.39 is 19.8 Å². The normalized spacial score (nSPS) is 13.9. The van der Waals surface area contributed by atoms with Gasteiger partial charge in [-0.05, 0) is 17.7 Å². The van der Waals surface area contributed by atoms with E-state index in [2.05, 4.69) is 0 Å². The third-order valence-electron chi connectivity index (χ3n) is 1.76. The second-order valence-corrected chi connectivity index (χ2v) is 4.74. The molecule has 0 amide bonds. The molecule has 0 bridgehead atoms. The van der Waals surface area contributed by atoms with Gasteiger partial charge in [-0.15, -0.1) is 0 Å². The quantitative estimate of drug-likeness (QED) is 0.554. The largest absolute Gasteiger partial charge is 0.508 e. The van der Waals surface area contributed by atoms with Crippen LogP contribution in [-0.2, 0) is 4.57 Å². The minimum absolute atomic E-state index is 0.0946. The summed E-state index contributed by atoms with van der Waals surface area (Å²) in [6.07, 6.45) is -0.391. The molecule has 1 unspecified atom stereocenters. The molecule has 0 aromatic heterocycles. The van der Waals surface area contributed by atoms with Crippen LogP contribution in [0.5, 0.6) is 5.75 Å². The highest BCUT2D eigenvalue weighted by atomic mass is 31.2. The Balaban J connectivity index is 2.75. The molecule has 0 saturated heterocycles. The molecule has 0 aliphatic rings. The number of phenolic OH excluding ortho intramolecular Hbond substituents is 1. The van der Waals surface area contributed by atoms with Crippen molar-refractivity contribution >= 4 is 7.60 Å². The first-order valence-corrected chi connectivity index (χ1v) is 5.77. The zero-order valence-corrected chi connectivity index (χ0v) is 8.26. The van der Waals surface area contributed by atoms with E-state index in [0.29, 0.717) is 5.56 Å². The van der Waals surface area contributed by atoms with Crippen LogP contribution in [0.2, 0.25) is 0 Å². The van der Waals surface area contributed by atoms with Crippen LogP contribution < -0.4 is 5.73 Å². The van der Waals surface area contributed by atoms with Crippen LogP contribution in [0.3, 0.4) is 0 Å². The summed E-state index contributed by atoms with van der Waals surface area (Å²) >= 11 is 0. The molecule has 0 spiro atoms. The number of hydrogen-bond donors (Lipinski definition) is 4. The molecule has 1 atom stereocenters. The van der Waals surface area contributed by atoms with Crippen LogP contribution >= 0.6 is 7.60 Å². The number of benzene rings is 1. The Morgan fingerprint density at radius 1 is 1.29 bits per heavy atom. The van der Waals surface area contributed by atoms with Crippen LogP contribution in [0.4, 0.5) is 0 Å². The van der Waals surface area contributed by atoms with Crippen LogP contribution in [0.25, 0.3) is 0 Å². The van der Waals surface area contributed by atoms with Crippen molar-refractivity contribution in [2.75, 3.05) is 6.16 Å². The molecular weight excluding hydrogens is 205 g/mol. The average Bonchev–Trinajstić information content (AvgIpc) is 2.02. The molecule has 0 aliphatic carbocycles. The lowest BCUT2D eigenvalue weighted by atomic mass is 10.1. The van der Waals surface area contributed by atoms with Crippen LogP contribution in [-0.4, -0.2) is 21.1 Å². The zero-order valence-electron chi connectivity index (χ0n) is 7.37. The third kappa shape index (κ3) is 3.47. The molecule has 0 radical (unpaired) electrons. The van der Waals surface area contributed by atoms with Gasteiger partial charge in [0.2, 0.25) is 0 Å². The number of rotatable bonds is 3. The van der Waals surface area contributed by atoms with Gasteiger partial charge >= 0.3 is 7.60 Å². The third-order valence-corrected chi connectivity index (χ3v) is 2.62. The molecule has 6 heteroatoms. The first kappa shape index (κ1) is 11.2. The summed E-state index contributed by atoms with van der Waals surface area (Å²) in [4.78, 5) is 17.4. The average molecular weight is 217 g/mol. The molecular formula is C8H12NO4P. The first-order chi connectivity index (χ1) is 6.38. The van der Waals surface area contributed by atoms with Crippen molar-refractivity contribution in [2.24, 2.45) is 5.73 Å². The maximum absolute atomic E-state index is 10.6. The van der Waals surface area contributed by atoms with E-state index in [-0.39, 0.29) is 5.75 Å². The first-order valence-electron chi connectivity index (χ1n) is 3.97. The lowest BCUT2D eigenvalue weighted by molar-refractivity contribution is 0.369. The molecule has 1 aromatic carbocycles. The molecule has 1 aromatic rings. The van der Waals surface area contributed by atoms with E-state index in [4.69, 9.17) is 20.6 Å². The Bertz CT molecular complexity index is 345. The lowest BCUT2D eigenvalue weighted by Gasteiger charge is -2.12. The summed E-state index contributed by atoms with van der Waals surface area (Å²) in [6.45, 7) is 0. The maximum Gasteiger partial charge on any atom is 0.327 e. The molecule has 0 heterocycles. The van der Waals surface area contributed by atoms with Crippen molar-refractivity contribution in [1.82, 2.24) is 0 Å². The monoisotopic (exact) mass is 217 g/mol. The van der Waals surface area contributed by atoms with Gasteiger partial charge in [-0.3, -0.25) is 4.57 Å². The van der Waals surface area contributed by atoms with Crippen molar-refractivity contribution in [3.63, 3.8) is 0 Å². The van der Waals surface area contributed by atoms with Gasteiger partial charge in [-0.2, -0.15) is 0 Å². The maximum atomic E-state index is 10.6. The van der Waals surface area contributed by atoms with Crippen molar-refractivity contribution in [2.45, 2.75) is 6.04 Å². The van der Waals surface area contributed by atoms with Gasteiger partial charge < -0.3 is 20.6 Å².